The fraction of sp³-hybridized carbons (Fsp3) is 0.500. The Kier molecular flexibility index (Phi) is 16.6. The summed E-state index contributed by atoms with van der Waals surface area (Å²) in [5.74, 6) is 9.11. The largest absolute Gasteiger partial charge is 0.352 e. The van der Waals surface area contributed by atoms with Crippen LogP contribution in [0.2, 0.25) is 0 Å². The summed E-state index contributed by atoms with van der Waals surface area (Å²) < 4.78 is 0. The van der Waals surface area contributed by atoms with Gasteiger partial charge < -0.3 is 20.1 Å². The first-order valence-electron chi connectivity index (χ1n) is 17.2. The summed E-state index contributed by atoms with van der Waals surface area (Å²) in [6.07, 6.45) is 5.76. The van der Waals surface area contributed by atoms with Crippen LogP contribution in [-0.2, 0) is 9.59 Å². The number of likely N-dealkylation sites (tertiary alicyclic amines) is 2. The number of nitrogens with zero attached hydrogens (tertiary/aromatic N) is 5. The third kappa shape index (κ3) is 9.89. The predicted molar refractivity (Wildman–Crippen MR) is 228 cm³/mol. The van der Waals surface area contributed by atoms with E-state index in [4.69, 9.17) is 9.97 Å². The average Bonchev–Trinajstić information content (AvgIpc) is 3.84. The Labute approximate surface area is 330 Å². The van der Waals surface area contributed by atoms with Crippen molar-refractivity contribution in [2.75, 3.05) is 25.0 Å². The fourth-order valence-corrected chi connectivity index (χ4v) is 6.56. The van der Waals surface area contributed by atoms with E-state index in [1.807, 2.05) is 66.2 Å². The van der Waals surface area contributed by atoms with Crippen molar-refractivity contribution in [3.8, 4) is 11.8 Å². The van der Waals surface area contributed by atoms with Crippen molar-refractivity contribution in [3.63, 3.8) is 0 Å². The maximum Gasteiger partial charge on any atom is 0.226 e. The highest BCUT2D eigenvalue weighted by molar-refractivity contribution is 7.59. The van der Waals surface area contributed by atoms with E-state index in [2.05, 4.69) is 54.8 Å². The van der Waals surface area contributed by atoms with Crippen molar-refractivity contribution in [1.29, 1.82) is 0 Å². The number of H-pyrrole nitrogens is 1. The van der Waals surface area contributed by atoms with Crippen LogP contribution in [0.5, 0.6) is 0 Å². The molecule has 0 radical (unpaired) electrons. The van der Waals surface area contributed by atoms with Crippen LogP contribution in [0.25, 0.3) is 21.9 Å². The molecule has 2 saturated heterocycles. The second kappa shape index (κ2) is 19.1. The second-order valence-corrected chi connectivity index (χ2v) is 14.0. The van der Waals surface area contributed by atoms with Gasteiger partial charge in [-0.1, -0.05) is 53.4 Å². The number of aromatic nitrogens is 4. The van der Waals surface area contributed by atoms with Gasteiger partial charge >= 0.3 is 0 Å². The summed E-state index contributed by atoms with van der Waals surface area (Å²) in [6.45, 7) is 14.7. The third-order valence-electron chi connectivity index (χ3n) is 10.2. The molecule has 9 nitrogen and oxygen atoms in total. The van der Waals surface area contributed by atoms with Crippen molar-refractivity contribution < 1.29 is 9.59 Å². The number of imidazole rings is 1. The molecule has 0 aliphatic carbocycles. The van der Waals surface area contributed by atoms with E-state index in [0.29, 0.717) is 24.3 Å². The van der Waals surface area contributed by atoms with Gasteiger partial charge in [0.05, 0.1) is 22.6 Å². The molecule has 2 fully saturated rings. The van der Waals surface area contributed by atoms with Crippen LogP contribution in [0.1, 0.15) is 90.2 Å². The van der Waals surface area contributed by atoms with Gasteiger partial charge in [0.25, 0.3) is 0 Å². The number of nitrogens with one attached hydrogen (secondary N) is 2. The molecule has 13 heteroatoms. The molecule has 0 spiro atoms. The minimum atomic E-state index is -0.0127. The van der Waals surface area contributed by atoms with E-state index in [9.17, 15) is 9.59 Å². The maximum atomic E-state index is 13.1. The van der Waals surface area contributed by atoms with E-state index in [0.717, 1.165) is 77.7 Å². The third-order valence-corrected chi connectivity index (χ3v) is 10.2. The monoisotopic (exact) mass is 769 g/mol. The summed E-state index contributed by atoms with van der Waals surface area (Å²) in [5, 5.41) is 4.29. The van der Waals surface area contributed by atoms with Gasteiger partial charge in [0, 0.05) is 60.2 Å². The number of amides is 2. The second-order valence-electron chi connectivity index (χ2n) is 14.0. The maximum absolute atomic E-state index is 13.1. The van der Waals surface area contributed by atoms with E-state index in [1.165, 1.54) is 0 Å². The van der Waals surface area contributed by atoms with Gasteiger partial charge in [0.2, 0.25) is 17.8 Å². The highest BCUT2D eigenvalue weighted by Gasteiger charge is 2.35. The van der Waals surface area contributed by atoms with Crippen molar-refractivity contribution >= 4 is 93.7 Å². The Morgan fingerprint density at radius 1 is 0.804 bits per heavy atom. The van der Waals surface area contributed by atoms with Crippen LogP contribution in [0, 0.1) is 35.5 Å². The fourth-order valence-electron chi connectivity index (χ4n) is 6.56. The Bertz CT molecular complexity index is 1850. The lowest BCUT2D eigenvalue weighted by Crippen LogP contribution is -2.43. The minimum Gasteiger partial charge on any atom is -0.352 e. The molecular formula is C38H55N7O2S4. The highest BCUT2D eigenvalue weighted by atomic mass is 32.1. The summed E-state index contributed by atoms with van der Waals surface area (Å²) in [4.78, 5) is 47.8. The molecule has 4 atom stereocenters. The van der Waals surface area contributed by atoms with Crippen LogP contribution < -0.4 is 5.32 Å². The first-order valence-corrected chi connectivity index (χ1v) is 17.2. The first-order chi connectivity index (χ1) is 22.6. The number of aromatic amines is 1. The lowest BCUT2D eigenvalue weighted by atomic mass is 9.96. The molecule has 0 saturated carbocycles. The summed E-state index contributed by atoms with van der Waals surface area (Å²) in [7, 11) is 0. The van der Waals surface area contributed by atoms with Crippen molar-refractivity contribution in [3.05, 3.63) is 59.5 Å². The Hall–Kier alpha value is -3.05. The molecule has 2 aliphatic rings. The number of anilines is 1. The highest BCUT2D eigenvalue weighted by Crippen LogP contribution is 2.34. The molecule has 2 aromatic heterocycles. The Morgan fingerprint density at radius 2 is 1.39 bits per heavy atom. The van der Waals surface area contributed by atoms with Crippen LogP contribution in [0.3, 0.4) is 0 Å². The lowest BCUT2D eigenvalue weighted by Gasteiger charge is -2.29. The average molecular weight is 770 g/mol. The Morgan fingerprint density at radius 3 is 2.06 bits per heavy atom. The molecule has 0 unspecified atom stereocenters. The molecular weight excluding hydrogens is 715 g/mol. The number of hydrogen-bond donors (Lipinski definition) is 2. The SMILES string of the molecule is CC(C)[C@H](C)C(=O)N1CCC[C@H]1CNc1ncc2cc(C#Cc3ccc4nc([C@@H]5CCCN5C(=O)[C@@H](C)C(C)C)[nH]c4c3)ccc2n1.S.S.S.S. The van der Waals surface area contributed by atoms with Crippen LogP contribution in [0.15, 0.2) is 42.6 Å². The van der Waals surface area contributed by atoms with Gasteiger partial charge in [0.15, 0.2) is 0 Å². The smallest absolute Gasteiger partial charge is 0.226 e. The predicted octanol–water partition coefficient (Wildman–Crippen LogP) is 7.01. The molecule has 2 amide bonds. The number of hydrogen-bond acceptors (Lipinski definition) is 6. The normalized spacial score (nSPS) is 17.9. The standard InChI is InChI=1S/C38H47N7O2.4H2S/c1-23(2)25(5)36(46)44-17-7-9-30(44)22-40-38-39-21-29-19-27(13-15-31(29)43-38)11-12-28-14-16-32-33(20-28)42-35(41-32)34-10-8-18-45(34)37(47)26(6)24(3)4;;;;/h13-16,19-21,23-26,30,34H,7-10,17-18,22H2,1-6H3,(H,41,42)(H,39,40,43);4*1H2/t25-,26-,30-,34-;;;;/m0..../s1. The molecule has 278 valence electrons. The number of rotatable bonds is 8. The molecule has 6 rings (SSSR count). The lowest BCUT2D eigenvalue weighted by molar-refractivity contribution is -0.138. The zero-order valence-electron chi connectivity index (χ0n) is 30.5. The number of carbonyl (C=O) groups is 2. The molecule has 0 bridgehead atoms. The van der Waals surface area contributed by atoms with Gasteiger partial charge in [-0.05, 0) is 73.9 Å². The summed E-state index contributed by atoms with van der Waals surface area (Å²) in [6, 6.07) is 12.1. The number of benzene rings is 2. The zero-order chi connectivity index (χ0) is 33.2. The quantitative estimate of drug-likeness (QED) is 0.187. The molecule has 4 aromatic rings. The van der Waals surface area contributed by atoms with Crippen LogP contribution >= 0.6 is 54.0 Å². The topological polar surface area (TPSA) is 107 Å². The van der Waals surface area contributed by atoms with Crippen molar-refractivity contribution in [1.82, 2.24) is 29.7 Å². The minimum absolute atomic E-state index is 0. The molecule has 4 heterocycles. The molecule has 2 aliphatic heterocycles. The van der Waals surface area contributed by atoms with Crippen molar-refractivity contribution in [2.45, 2.75) is 79.3 Å². The van der Waals surface area contributed by atoms with Gasteiger partial charge in [-0.15, -0.1) is 0 Å². The van der Waals surface area contributed by atoms with Gasteiger partial charge in [-0.2, -0.15) is 54.0 Å². The van der Waals surface area contributed by atoms with E-state index in [-0.39, 0.29) is 89.7 Å². The van der Waals surface area contributed by atoms with Gasteiger partial charge in [0.1, 0.15) is 5.82 Å². The van der Waals surface area contributed by atoms with Crippen molar-refractivity contribution in [2.24, 2.45) is 23.7 Å². The van der Waals surface area contributed by atoms with Crippen LogP contribution in [0.4, 0.5) is 5.95 Å². The van der Waals surface area contributed by atoms with Gasteiger partial charge in [-0.3, -0.25) is 9.59 Å². The molecule has 2 N–H and O–H groups in total. The van der Waals surface area contributed by atoms with Gasteiger partial charge in [-0.25, -0.2) is 15.0 Å². The number of fused-ring (bicyclic) bond motifs is 2. The van der Waals surface area contributed by atoms with Crippen LogP contribution in [-0.4, -0.2) is 67.2 Å². The summed E-state index contributed by atoms with van der Waals surface area (Å²) >= 11 is 0. The number of carbonyl (C=O) groups excluding carboxylic acids is 2. The summed E-state index contributed by atoms with van der Waals surface area (Å²) in [5.41, 5.74) is 4.42. The Balaban J connectivity index is 0.00000225. The molecule has 2 aromatic carbocycles. The molecule has 51 heavy (non-hydrogen) atoms. The zero-order valence-corrected chi connectivity index (χ0v) is 34.5. The van der Waals surface area contributed by atoms with E-state index in [1.54, 1.807) is 0 Å². The van der Waals surface area contributed by atoms with E-state index >= 15 is 0 Å². The van der Waals surface area contributed by atoms with E-state index < -0.39 is 0 Å². The first kappa shape index (κ1) is 44.1.